The van der Waals surface area contributed by atoms with Crippen molar-refractivity contribution in [2.45, 2.75) is 13.0 Å². The number of aromatic nitrogens is 2. The second-order valence-corrected chi connectivity index (χ2v) is 7.35. The largest absolute Gasteiger partial charge is 0.497 e. The first kappa shape index (κ1) is 20.4. The fourth-order valence-corrected chi connectivity index (χ4v) is 3.50. The van der Waals surface area contributed by atoms with E-state index in [1.54, 1.807) is 13.2 Å². The molecule has 0 unspecified atom stereocenters. The van der Waals surface area contributed by atoms with Crippen molar-refractivity contribution in [2.75, 3.05) is 13.7 Å². The number of carbonyl (C=O) groups excluding carboxylic acids is 1. The Labute approximate surface area is 182 Å². The molecule has 0 aliphatic carbocycles. The summed E-state index contributed by atoms with van der Waals surface area (Å²) in [7, 11) is 1.63. The van der Waals surface area contributed by atoms with Gasteiger partial charge in [-0.15, -0.1) is 0 Å². The number of methoxy groups -OCH3 is 1. The van der Waals surface area contributed by atoms with Gasteiger partial charge in [-0.3, -0.25) is 9.89 Å². The molecule has 31 heavy (non-hydrogen) atoms. The van der Waals surface area contributed by atoms with Crippen LogP contribution in [-0.2, 0) is 13.0 Å². The molecule has 0 bridgehead atoms. The summed E-state index contributed by atoms with van der Waals surface area (Å²) in [6.45, 7) is 1.16. The van der Waals surface area contributed by atoms with Gasteiger partial charge in [-0.05, 0) is 35.7 Å². The summed E-state index contributed by atoms with van der Waals surface area (Å²) in [4.78, 5) is 15.2. The van der Waals surface area contributed by atoms with Crippen LogP contribution in [0.2, 0.25) is 0 Å². The van der Waals surface area contributed by atoms with E-state index in [0.29, 0.717) is 24.5 Å². The van der Waals surface area contributed by atoms with Crippen molar-refractivity contribution in [1.82, 2.24) is 15.1 Å². The minimum absolute atomic E-state index is 0.0681. The van der Waals surface area contributed by atoms with Crippen LogP contribution >= 0.6 is 0 Å². The van der Waals surface area contributed by atoms with Gasteiger partial charge in [-0.25, -0.2) is 0 Å². The number of nitrogens with one attached hydrogen (secondary N) is 1. The maximum absolute atomic E-state index is 13.4. The van der Waals surface area contributed by atoms with Crippen LogP contribution in [0, 0.1) is 0 Å². The molecule has 0 fully saturated rings. The fourth-order valence-electron chi connectivity index (χ4n) is 3.50. The van der Waals surface area contributed by atoms with Gasteiger partial charge in [-0.2, -0.15) is 5.10 Å². The highest BCUT2D eigenvalue weighted by Gasteiger charge is 2.19. The lowest BCUT2D eigenvalue weighted by Crippen LogP contribution is -2.32. The maximum Gasteiger partial charge on any atom is 0.272 e. The van der Waals surface area contributed by atoms with Gasteiger partial charge in [0.05, 0.1) is 12.8 Å². The molecule has 0 atom stereocenters. The Morgan fingerprint density at radius 3 is 2.32 bits per heavy atom. The molecule has 3 aromatic carbocycles. The molecule has 5 heteroatoms. The molecule has 1 amide bonds. The van der Waals surface area contributed by atoms with Crippen LogP contribution in [0.4, 0.5) is 0 Å². The monoisotopic (exact) mass is 411 g/mol. The topological polar surface area (TPSA) is 58.2 Å². The predicted molar refractivity (Wildman–Crippen MR) is 122 cm³/mol. The number of H-pyrrole nitrogens is 1. The predicted octanol–water partition coefficient (Wildman–Crippen LogP) is 4.97. The molecule has 156 valence electrons. The van der Waals surface area contributed by atoms with E-state index in [1.165, 1.54) is 5.56 Å². The van der Waals surface area contributed by atoms with Crippen LogP contribution in [0.1, 0.15) is 21.6 Å². The molecule has 0 aliphatic heterocycles. The van der Waals surface area contributed by atoms with Crippen molar-refractivity contribution in [3.63, 3.8) is 0 Å². The summed E-state index contributed by atoms with van der Waals surface area (Å²) >= 11 is 0. The number of amides is 1. The standard InChI is InChI=1S/C26H25N3O2/c1-31-23-14-8-13-22(17-23)24-18-25(28-27-24)26(30)29(19-21-11-6-3-7-12-21)16-15-20-9-4-2-5-10-20/h2-14,17-18H,15-16,19H2,1H3,(H,27,28). The summed E-state index contributed by atoms with van der Waals surface area (Å²) in [6, 6.07) is 29.7. The molecule has 0 saturated carbocycles. The van der Waals surface area contributed by atoms with Crippen LogP contribution in [0.15, 0.2) is 91.0 Å². The zero-order valence-corrected chi connectivity index (χ0v) is 17.5. The Balaban J connectivity index is 1.55. The van der Waals surface area contributed by atoms with Gasteiger partial charge in [0, 0.05) is 18.7 Å². The summed E-state index contributed by atoms with van der Waals surface area (Å²) in [6.07, 6.45) is 0.788. The average Bonchev–Trinajstić information content (AvgIpc) is 3.33. The van der Waals surface area contributed by atoms with E-state index in [9.17, 15) is 4.79 Å². The van der Waals surface area contributed by atoms with Crippen LogP contribution < -0.4 is 4.74 Å². The van der Waals surface area contributed by atoms with E-state index in [2.05, 4.69) is 22.3 Å². The second kappa shape index (κ2) is 9.76. The molecule has 4 aromatic rings. The van der Waals surface area contributed by atoms with E-state index in [4.69, 9.17) is 4.74 Å². The van der Waals surface area contributed by atoms with E-state index < -0.39 is 0 Å². The third-order valence-electron chi connectivity index (χ3n) is 5.19. The molecule has 4 rings (SSSR count). The van der Waals surface area contributed by atoms with E-state index in [-0.39, 0.29) is 5.91 Å². The lowest BCUT2D eigenvalue weighted by molar-refractivity contribution is 0.0739. The molecule has 0 spiro atoms. The Morgan fingerprint density at radius 2 is 1.61 bits per heavy atom. The van der Waals surface area contributed by atoms with E-state index in [0.717, 1.165) is 23.3 Å². The first-order chi connectivity index (χ1) is 15.2. The van der Waals surface area contributed by atoms with E-state index in [1.807, 2.05) is 77.7 Å². The second-order valence-electron chi connectivity index (χ2n) is 7.35. The molecule has 0 saturated heterocycles. The van der Waals surface area contributed by atoms with Gasteiger partial charge >= 0.3 is 0 Å². The SMILES string of the molecule is COc1cccc(-c2cc(C(=O)N(CCc3ccccc3)Cc3ccccc3)[nH]n2)c1. The highest BCUT2D eigenvalue weighted by Crippen LogP contribution is 2.23. The number of hydrogen-bond acceptors (Lipinski definition) is 3. The minimum Gasteiger partial charge on any atom is -0.497 e. The number of hydrogen-bond donors (Lipinski definition) is 1. The summed E-state index contributed by atoms with van der Waals surface area (Å²) in [5.74, 6) is 0.684. The number of benzene rings is 3. The molecule has 1 heterocycles. The Kier molecular flexibility index (Phi) is 6.43. The van der Waals surface area contributed by atoms with Crippen molar-refractivity contribution in [2.24, 2.45) is 0 Å². The number of rotatable bonds is 8. The highest BCUT2D eigenvalue weighted by molar-refractivity contribution is 5.93. The minimum atomic E-state index is -0.0681. The van der Waals surface area contributed by atoms with Gasteiger partial charge in [0.15, 0.2) is 0 Å². The number of aromatic amines is 1. The summed E-state index contributed by atoms with van der Waals surface area (Å²) in [5, 5.41) is 7.29. The molecule has 5 nitrogen and oxygen atoms in total. The van der Waals surface area contributed by atoms with Gasteiger partial charge in [-0.1, -0.05) is 72.8 Å². The number of ether oxygens (including phenoxy) is 1. The van der Waals surface area contributed by atoms with Crippen LogP contribution in [0.25, 0.3) is 11.3 Å². The van der Waals surface area contributed by atoms with Crippen molar-refractivity contribution < 1.29 is 9.53 Å². The van der Waals surface area contributed by atoms with Crippen LogP contribution in [-0.4, -0.2) is 34.7 Å². The highest BCUT2D eigenvalue weighted by atomic mass is 16.5. The lowest BCUT2D eigenvalue weighted by Gasteiger charge is -2.22. The van der Waals surface area contributed by atoms with Crippen molar-refractivity contribution in [3.05, 3.63) is 108 Å². The van der Waals surface area contributed by atoms with Crippen molar-refractivity contribution in [3.8, 4) is 17.0 Å². The molecule has 0 radical (unpaired) electrons. The smallest absolute Gasteiger partial charge is 0.272 e. The summed E-state index contributed by atoms with van der Waals surface area (Å²) in [5.41, 5.74) is 4.38. The zero-order chi connectivity index (χ0) is 21.5. The van der Waals surface area contributed by atoms with Gasteiger partial charge in [0.2, 0.25) is 0 Å². The van der Waals surface area contributed by atoms with Gasteiger partial charge in [0.1, 0.15) is 11.4 Å². The molecule has 1 aromatic heterocycles. The third-order valence-corrected chi connectivity index (χ3v) is 5.19. The maximum atomic E-state index is 13.4. The normalized spacial score (nSPS) is 10.6. The number of nitrogens with zero attached hydrogens (tertiary/aromatic N) is 2. The number of carbonyl (C=O) groups is 1. The average molecular weight is 412 g/mol. The van der Waals surface area contributed by atoms with Crippen LogP contribution in [0.5, 0.6) is 5.75 Å². The molecule has 1 N–H and O–H groups in total. The Bertz CT molecular complexity index is 1120. The zero-order valence-electron chi connectivity index (χ0n) is 17.5. The van der Waals surface area contributed by atoms with Gasteiger partial charge < -0.3 is 9.64 Å². The van der Waals surface area contributed by atoms with Crippen molar-refractivity contribution in [1.29, 1.82) is 0 Å². The Hall–Kier alpha value is -3.86. The molecular formula is C26H25N3O2. The summed E-state index contributed by atoms with van der Waals surface area (Å²) < 4.78 is 5.30. The Morgan fingerprint density at radius 1 is 0.903 bits per heavy atom. The first-order valence-electron chi connectivity index (χ1n) is 10.3. The lowest BCUT2D eigenvalue weighted by atomic mass is 10.1. The van der Waals surface area contributed by atoms with E-state index >= 15 is 0 Å². The third kappa shape index (κ3) is 5.20. The first-order valence-corrected chi connectivity index (χ1v) is 10.3. The fraction of sp³-hybridized carbons (Fsp3) is 0.154. The quantitative estimate of drug-likeness (QED) is 0.445. The molecular weight excluding hydrogens is 386 g/mol. The van der Waals surface area contributed by atoms with Crippen molar-refractivity contribution >= 4 is 5.91 Å². The molecule has 0 aliphatic rings. The van der Waals surface area contributed by atoms with Crippen LogP contribution in [0.3, 0.4) is 0 Å². The van der Waals surface area contributed by atoms with Gasteiger partial charge in [0.25, 0.3) is 5.91 Å².